The molecule has 0 aliphatic carbocycles. The lowest BCUT2D eigenvalue weighted by atomic mass is 9.91. The summed E-state index contributed by atoms with van der Waals surface area (Å²) in [5.41, 5.74) is 30.7. The van der Waals surface area contributed by atoms with Crippen LogP contribution >= 0.6 is 0 Å². The Morgan fingerprint density at radius 1 is 0.352 bits per heavy atom. The second-order valence-electron chi connectivity index (χ2n) is 24.6. The number of benzene rings is 11. The van der Waals surface area contributed by atoms with Gasteiger partial charge in [0.1, 0.15) is 0 Å². The zero-order valence-corrected chi connectivity index (χ0v) is 51.7. The van der Waals surface area contributed by atoms with E-state index in [0.29, 0.717) is 22.3 Å². The molecule has 0 fully saturated rings. The molecule has 0 saturated carbocycles. The van der Waals surface area contributed by atoms with Crippen molar-refractivity contribution < 1.29 is 13.2 Å². The van der Waals surface area contributed by atoms with Gasteiger partial charge in [-0.2, -0.15) is 18.4 Å². The zero-order chi connectivity index (χ0) is 61.9. The van der Waals surface area contributed by atoms with Crippen molar-refractivity contribution in [1.82, 2.24) is 9.13 Å². The number of rotatable bonds is 8. The van der Waals surface area contributed by atoms with Crippen molar-refractivity contribution in [3.8, 4) is 84.2 Å². The first-order valence-corrected chi connectivity index (χ1v) is 29.9. The molecule has 0 N–H and O–H groups in total. The first-order chi connectivity index (χ1) is 42.1. The molecule has 4 nitrogen and oxygen atoms in total. The normalized spacial score (nSPS) is 11.8. The maximum absolute atomic E-state index is 14.4. The fraction of sp³-hybridized carbons (Fsp3) is 0.160. The van der Waals surface area contributed by atoms with Crippen LogP contribution in [0, 0.1) is 101 Å². The summed E-state index contributed by atoms with van der Waals surface area (Å²) in [5.74, 6) is 0. The molecule has 0 atom stereocenters. The standard InChI is InChI=1S/C81H65F3N4/c1-44-28-48(5)77(49(6)29-44)58-16-24-73-66(38-58)67-39-59(78-50(7)30-45(2)31-51(78)8)17-25-74(67)87(73)71-22-14-56(43-85)36-64(71)65-37-57(63-21-20-62(81(82,83)84)42-70(63)86-13)15-23-72(65)88-75-26-18-60(79-52(9)32-46(3)33-53(79)10)40-68(75)69-41-61(19-27-76(69)88)80-54(11)34-47(4)35-55(80)12/h14-42H,1-12H3. The number of hydrogen-bond acceptors (Lipinski definition) is 1. The molecule has 7 heteroatoms. The predicted molar refractivity (Wildman–Crippen MR) is 361 cm³/mol. The van der Waals surface area contributed by atoms with Crippen molar-refractivity contribution in [2.24, 2.45) is 0 Å². The fourth-order valence-corrected chi connectivity index (χ4v) is 14.9. The largest absolute Gasteiger partial charge is 0.415 e. The third-order valence-electron chi connectivity index (χ3n) is 18.0. The monoisotopic (exact) mass is 1150 g/mol. The van der Waals surface area contributed by atoms with Crippen molar-refractivity contribution in [1.29, 1.82) is 5.26 Å². The number of aromatic nitrogens is 2. The zero-order valence-electron chi connectivity index (χ0n) is 51.7. The SMILES string of the molecule is [C-]#[N+]c1cc(C(F)(F)F)ccc1-c1ccc(-n2c3ccc(-c4c(C)cc(C)cc4C)cc3c3cc(-c4c(C)cc(C)cc4C)ccc32)c(-c2cc(C#N)ccc2-n2c3ccc(-c4c(C)cc(C)cc4C)cc3c3cc(-c4c(C)cc(C)cc4C)ccc32)c1. The number of alkyl halides is 3. The highest BCUT2D eigenvalue weighted by Crippen LogP contribution is 2.48. The van der Waals surface area contributed by atoms with Crippen molar-refractivity contribution in [3.63, 3.8) is 0 Å². The second kappa shape index (κ2) is 21.3. The Morgan fingerprint density at radius 3 is 0.989 bits per heavy atom. The molecular weight excluding hydrogens is 1090 g/mol. The Morgan fingerprint density at radius 2 is 0.670 bits per heavy atom. The lowest BCUT2D eigenvalue weighted by Gasteiger charge is -2.21. The molecule has 0 radical (unpaired) electrons. The topological polar surface area (TPSA) is 38.0 Å². The first kappa shape index (κ1) is 56.9. The van der Waals surface area contributed by atoms with Gasteiger partial charge < -0.3 is 9.13 Å². The average molecular weight is 1150 g/mol. The lowest BCUT2D eigenvalue weighted by molar-refractivity contribution is -0.137. The van der Waals surface area contributed by atoms with Gasteiger partial charge in [-0.3, -0.25) is 0 Å². The summed E-state index contributed by atoms with van der Waals surface area (Å²) >= 11 is 0. The van der Waals surface area contributed by atoms with E-state index in [0.717, 1.165) is 94.9 Å². The van der Waals surface area contributed by atoms with Gasteiger partial charge in [0.2, 0.25) is 0 Å². The van der Waals surface area contributed by atoms with Gasteiger partial charge in [0.25, 0.3) is 0 Å². The molecule has 0 unspecified atom stereocenters. The van der Waals surface area contributed by atoms with E-state index in [1.807, 2.05) is 36.4 Å². The Bertz CT molecular complexity index is 4920. The van der Waals surface area contributed by atoms with Crippen LogP contribution < -0.4 is 0 Å². The van der Waals surface area contributed by atoms with E-state index in [1.54, 1.807) is 0 Å². The van der Waals surface area contributed by atoms with E-state index in [1.165, 1.54) is 95.1 Å². The van der Waals surface area contributed by atoms with Crippen LogP contribution in [-0.4, -0.2) is 9.13 Å². The molecule has 0 bridgehead atoms. The van der Waals surface area contributed by atoms with E-state index in [2.05, 4.69) is 224 Å². The van der Waals surface area contributed by atoms with E-state index >= 15 is 0 Å². The van der Waals surface area contributed by atoms with Gasteiger partial charge in [0, 0.05) is 38.2 Å². The van der Waals surface area contributed by atoms with E-state index < -0.39 is 11.7 Å². The highest BCUT2D eigenvalue weighted by molar-refractivity contribution is 6.14. The molecule has 430 valence electrons. The quantitative estimate of drug-likeness (QED) is 0.140. The van der Waals surface area contributed by atoms with Gasteiger partial charge in [-0.15, -0.1) is 0 Å². The van der Waals surface area contributed by atoms with Crippen molar-refractivity contribution >= 4 is 49.3 Å². The first-order valence-electron chi connectivity index (χ1n) is 29.9. The van der Waals surface area contributed by atoms with Gasteiger partial charge in [0.05, 0.1) is 51.6 Å². The minimum Gasteiger partial charge on any atom is -0.309 e. The van der Waals surface area contributed by atoms with Crippen LogP contribution in [-0.2, 0) is 6.18 Å². The van der Waals surface area contributed by atoms with Crippen molar-refractivity contribution in [3.05, 3.63) is 265 Å². The number of fused-ring (bicyclic) bond motifs is 6. The van der Waals surface area contributed by atoms with Gasteiger partial charge >= 0.3 is 6.18 Å². The van der Waals surface area contributed by atoms with Crippen LogP contribution in [0.15, 0.2) is 176 Å². The van der Waals surface area contributed by atoms with E-state index in [4.69, 9.17) is 6.57 Å². The smallest absolute Gasteiger partial charge is 0.309 e. The summed E-state index contributed by atoms with van der Waals surface area (Å²) in [7, 11) is 0. The third kappa shape index (κ3) is 9.54. The van der Waals surface area contributed by atoms with Crippen LogP contribution in [0.4, 0.5) is 18.9 Å². The highest BCUT2D eigenvalue weighted by Gasteiger charge is 2.32. The van der Waals surface area contributed by atoms with Crippen molar-refractivity contribution in [2.45, 2.75) is 89.3 Å². The molecule has 88 heavy (non-hydrogen) atoms. The Kier molecular flexibility index (Phi) is 13.8. The van der Waals surface area contributed by atoms with Crippen LogP contribution in [0.1, 0.15) is 77.9 Å². The van der Waals surface area contributed by atoms with Crippen LogP contribution in [0.25, 0.3) is 127 Å². The predicted octanol–water partition coefficient (Wildman–Crippen LogP) is 23.0. The minimum atomic E-state index is -4.65. The molecular formula is C81H65F3N4. The van der Waals surface area contributed by atoms with Gasteiger partial charge in [-0.1, -0.05) is 113 Å². The molecule has 13 rings (SSSR count). The number of nitrogens with zero attached hydrogens (tertiary/aromatic N) is 4. The summed E-state index contributed by atoms with van der Waals surface area (Å²) in [5, 5.41) is 15.2. The molecule has 13 aromatic rings. The lowest BCUT2D eigenvalue weighted by Crippen LogP contribution is -2.04. The van der Waals surface area contributed by atoms with Crippen LogP contribution in [0.3, 0.4) is 0 Å². The summed E-state index contributed by atoms with van der Waals surface area (Å²) < 4.78 is 47.8. The third-order valence-corrected chi connectivity index (χ3v) is 18.0. The number of hydrogen-bond donors (Lipinski definition) is 0. The summed E-state index contributed by atoms with van der Waals surface area (Å²) in [6.45, 7) is 34.2. The fourth-order valence-electron chi connectivity index (χ4n) is 14.9. The molecule has 0 saturated heterocycles. The molecule has 0 spiro atoms. The molecule has 0 aliphatic heterocycles. The number of aryl methyl sites for hydroxylation is 12. The molecule has 0 aliphatic rings. The second-order valence-corrected chi connectivity index (χ2v) is 24.6. The Labute approximate surface area is 512 Å². The van der Waals surface area contributed by atoms with Gasteiger partial charge in [-0.25, -0.2) is 4.85 Å². The highest BCUT2D eigenvalue weighted by atomic mass is 19.4. The van der Waals surface area contributed by atoms with Crippen molar-refractivity contribution in [2.75, 3.05) is 0 Å². The molecule has 11 aromatic carbocycles. The summed E-state index contributed by atoms with van der Waals surface area (Å²) in [6.07, 6.45) is -4.65. The van der Waals surface area contributed by atoms with Gasteiger partial charge in [0.15, 0.2) is 5.69 Å². The summed E-state index contributed by atoms with van der Waals surface area (Å²) in [4.78, 5) is 3.72. The maximum atomic E-state index is 14.4. The van der Waals surface area contributed by atoms with E-state index in [-0.39, 0.29) is 5.69 Å². The maximum Gasteiger partial charge on any atom is 0.415 e. The average Bonchev–Trinajstić information content (AvgIpc) is 1.62. The molecule has 2 aromatic heterocycles. The molecule has 2 heterocycles. The minimum absolute atomic E-state index is 0.119. The number of nitriles is 1. The van der Waals surface area contributed by atoms with Gasteiger partial charge in [-0.05, 0) is 268 Å². The Balaban J connectivity index is 1.15. The summed E-state index contributed by atoms with van der Waals surface area (Å²) in [6, 6.07) is 62.5. The number of halogens is 3. The van der Waals surface area contributed by atoms with Crippen LogP contribution in [0.2, 0.25) is 0 Å². The molecule has 0 amide bonds. The Hall–Kier alpha value is -10.2. The van der Waals surface area contributed by atoms with E-state index in [9.17, 15) is 18.4 Å². The van der Waals surface area contributed by atoms with Crippen LogP contribution in [0.5, 0.6) is 0 Å².